The molecule has 3 rings (SSSR count). The van der Waals surface area contributed by atoms with Gasteiger partial charge in [-0.3, -0.25) is 14.2 Å². The molecule has 0 aliphatic carbocycles. The molecule has 27 heavy (non-hydrogen) atoms. The van der Waals surface area contributed by atoms with Crippen LogP contribution in [0.5, 0.6) is 0 Å². The fourth-order valence-electron chi connectivity index (χ4n) is 2.45. The largest absolute Gasteiger partial charge is 0.476 e. The van der Waals surface area contributed by atoms with Crippen LogP contribution in [0.3, 0.4) is 0 Å². The molecule has 140 valence electrons. The van der Waals surface area contributed by atoms with Crippen LogP contribution in [0.1, 0.15) is 28.0 Å². The molecule has 3 aromatic rings. The third-order valence-electron chi connectivity index (χ3n) is 3.87. The van der Waals surface area contributed by atoms with E-state index in [1.54, 1.807) is 4.68 Å². The number of hydrogen-bond donors (Lipinski definition) is 2. The maximum atomic E-state index is 12.1. The zero-order chi connectivity index (χ0) is 19.4. The topological polar surface area (TPSA) is 102 Å². The van der Waals surface area contributed by atoms with Crippen LogP contribution in [0.15, 0.2) is 47.2 Å². The summed E-state index contributed by atoms with van der Waals surface area (Å²) in [5.74, 6) is -0.885. The van der Waals surface area contributed by atoms with Gasteiger partial charge in [-0.15, -0.1) is 0 Å². The number of nitrogens with one attached hydrogen (secondary N) is 1. The van der Waals surface area contributed by atoms with Crippen LogP contribution < -0.4 is 5.32 Å². The van der Waals surface area contributed by atoms with Gasteiger partial charge in [0.05, 0.1) is 11.0 Å². The normalized spacial score (nSPS) is 10.7. The van der Waals surface area contributed by atoms with E-state index in [4.69, 9.17) is 5.11 Å². The molecule has 0 aliphatic rings. The summed E-state index contributed by atoms with van der Waals surface area (Å²) in [6, 6.07) is 9.56. The highest BCUT2D eigenvalue weighted by Crippen LogP contribution is 2.21. The number of carbonyl (C=O) groups excluding carboxylic acids is 1. The fraction of sp³-hybridized carbons (Fsp3) is 0.222. The lowest BCUT2D eigenvalue weighted by atomic mass is 10.1. The molecule has 0 bridgehead atoms. The molecule has 0 saturated heterocycles. The van der Waals surface area contributed by atoms with Crippen LogP contribution in [0.4, 0.5) is 5.82 Å². The van der Waals surface area contributed by atoms with Gasteiger partial charge in [0.15, 0.2) is 11.5 Å². The molecule has 9 heteroatoms. The van der Waals surface area contributed by atoms with E-state index in [-0.39, 0.29) is 24.6 Å². The predicted octanol–water partition coefficient (Wildman–Crippen LogP) is 2.93. The van der Waals surface area contributed by atoms with Gasteiger partial charge in [-0.2, -0.15) is 10.2 Å². The Morgan fingerprint density at radius 3 is 2.56 bits per heavy atom. The average Bonchev–Trinajstić information content (AvgIpc) is 3.22. The zero-order valence-corrected chi connectivity index (χ0v) is 16.2. The summed E-state index contributed by atoms with van der Waals surface area (Å²) in [4.78, 5) is 23.0. The molecule has 1 aromatic carbocycles. The lowest BCUT2D eigenvalue weighted by Gasteiger charge is -2.04. The van der Waals surface area contributed by atoms with Crippen LogP contribution in [-0.2, 0) is 17.9 Å². The summed E-state index contributed by atoms with van der Waals surface area (Å²) in [6.07, 6.45) is 3.49. The summed E-state index contributed by atoms with van der Waals surface area (Å²) in [7, 11) is 0. The van der Waals surface area contributed by atoms with Gasteiger partial charge in [0.2, 0.25) is 5.91 Å². The summed E-state index contributed by atoms with van der Waals surface area (Å²) in [6.45, 7) is 2.91. The van der Waals surface area contributed by atoms with Crippen molar-refractivity contribution in [2.24, 2.45) is 0 Å². The van der Waals surface area contributed by atoms with Crippen LogP contribution >= 0.6 is 15.9 Å². The molecule has 0 unspecified atom stereocenters. The predicted molar refractivity (Wildman–Crippen MR) is 103 cm³/mol. The van der Waals surface area contributed by atoms with Gasteiger partial charge in [-0.25, -0.2) is 4.79 Å². The molecular weight excluding hydrogens is 414 g/mol. The highest BCUT2D eigenvalue weighted by molar-refractivity contribution is 9.10. The van der Waals surface area contributed by atoms with Gasteiger partial charge in [-0.1, -0.05) is 29.8 Å². The number of benzene rings is 1. The number of halogens is 1. The number of aromatic carboxylic acids is 1. The van der Waals surface area contributed by atoms with Gasteiger partial charge >= 0.3 is 5.97 Å². The second-order valence-corrected chi connectivity index (χ2v) is 6.93. The SMILES string of the molecule is Cc1ccc(Cn2cc(Br)c(NC(=O)CCn3ccc(C(=O)O)n3)n2)cc1. The van der Waals surface area contributed by atoms with Crippen molar-refractivity contribution in [3.8, 4) is 0 Å². The molecule has 0 atom stereocenters. The Hall–Kier alpha value is -2.94. The van der Waals surface area contributed by atoms with E-state index in [1.807, 2.05) is 37.4 Å². The molecule has 1 amide bonds. The maximum absolute atomic E-state index is 12.1. The first-order valence-corrected chi connectivity index (χ1v) is 9.05. The Balaban J connectivity index is 1.56. The number of hydrogen-bond acceptors (Lipinski definition) is 4. The molecule has 0 aliphatic heterocycles. The smallest absolute Gasteiger partial charge is 0.356 e. The summed E-state index contributed by atoms with van der Waals surface area (Å²) in [5, 5.41) is 19.9. The maximum Gasteiger partial charge on any atom is 0.356 e. The Labute approximate surface area is 163 Å². The minimum atomic E-state index is -1.10. The van der Waals surface area contributed by atoms with Crippen LogP contribution in [0.25, 0.3) is 0 Å². The minimum absolute atomic E-state index is 0.0481. The van der Waals surface area contributed by atoms with E-state index in [0.717, 1.165) is 5.56 Å². The standard InChI is InChI=1S/C18H18BrN5O3/c1-12-2-4-13(5-3-12)10-24-11-14(19)17(22-24)20-16(25)7-9-23-8-6-15(21-23)18(26)27/h2-6,8,11H,7,9-10H2,1H3,(H,26,27)(H,20,22,25). The van der Waals surface area contributed by atoms with E-state index < -0.39 is 5.97 Å². The number of aromatic nitrogens is 4. The van der Waals surface area contributed by atoms with Crippen LogP contribution in [0, 0.1) is 6.92 Å². The van der Waals surface area contributed by atoms with Gasteiger partial charge in [0, 0.05) is 25.4 Å². The van der Waals surface area contributed by atoms with Crippen molar-refractivity contribution in [2.45, 2.75) is 26.4 Å². The van der Waals surface area contributed by atoms with Crippen molar-refractivity contribution in [3.05, 3.63) is 64.0 Å². The van der Waals surface area contributed by atoms with Crippen LogP contribution in [-0.4, -0.2) is 36.5 Å². The second-order valence-electron chi connectivity index (χ2n) is 6.08. The molecule has 2 heterocycles. The lowest BCUT2D eigenvalue weighted by molar-refractivity contribution is -0.116. The number of carbonyl (C=O) groups is 2. The van der Waals surface area contributed by atoms with E-state index in [2.05, 4.69) is 31.4 Å². The van der Waals surface area contributed by atoms with Crippen molar-refractivity contribution in [2.75, 3.05) is 5.32 Å². The first kappa shape index (κ1) is 18.8. The van der Waals surface area contributed by atoms with Crippen molar-refractivity contribution >= 4 is 33.6 Å². The number of carboxylic acid groups (broad SMARTS) is 1. The van der Waals surface area contributed by atoms with Crippen molar-refractivity contribution < 1.29 is 14.7 Å². The Bertz CT molecular complexity index is 962. The fourth-order valence-corrected chi connectivity index (χ4v) is 2.87. The summed E-state index contributed by atoms with van der Waals surface area (Å²) >= 11 is 3.41. The van der Waals surface area contributed by atoms with Crippen molar-refractivity contribution in [1.82, 2.24) is 19.6 Å². The third kappa shape index (κ3) is 5.04. The second kappa shape index (κ2) is 8.17. The van der Waals surface area contributed by atoms with E-state index in [0.29, 0.717) is 16.8 Å². The highest BCUT2D eigenvalue weighted by Gasteiger charge is 2.12. The number of amides is 1. The van der Waals surface area contributed by atoms with Crippen molar-refractivity contribution in [3.63, 3.8) is 0 Å². The zero-order valence-electron chi connectivity index (χ0n) is 14.6. The minimum Gasteiger partial charge on any atom is -0.476 e. The highest BCUT2D eigenvalue weighted by atomic mass is 79.9. The summed E-state index contributed by atoms with van der Waals surface area (Å²) in [5.41, 5.74) is 2.26. The molecule has 2 N–H and O–H groups in total. The van der Waals surface area contributed by atoms with Gasteiger partial charge in [0.1, 0.15) is 0 Å². The van der Waals surface area contributed by atoms with E-state index >= 15 is 0 Å². The number of anilines is 1. The van der Waals surface area contributed by atoms with E-state index in [1.165, 1.54) is 22.5 Å². The molecule has 0 radical (unpaired) electrons. The Morgan fingerprint density at radius 1 is 1.15 bits per heavy atom. The molecule has 8 nitrogen and oxygen atoms in total. The number of aryl methyl sites for hydroxylation is 2. The molecule has 0 saturated carbocycles. The van der Waals surface area contributed by atoms with Gasteiger partial charge in [0.25, 0.3) is 0 Å². The van der Waals surface area contributed by atoms with Crippen LogP contribution in [0.2, 0.25) is 0 Å². The first-order valence-electron chi connectivity index (χ1n) is 8.26. The number of carboxylic acids is 1. The quantitative estimate of drug-likeness (QED) is 0.598. The Kier molecular flexibility index (Phi) is 5.70. The van der Waals surface area contributed by atoms with Gasteiger partial charge in [-0.05, 0) is 34.5 Å². The lowest BCUT2D eigenvalue weighted by Crippen LogP contribution is -2.16. The monoisotopic (exact) mass is 431 g/mol. The first-order chi connectivity index (χ1) is 12.9. The average molecular weight is 432 g/mol. The molecule has 0 fully saturated rings. The summed E-state index contributed by atoms with van der Waals surface area (Å²) < 4.78 is 3.86. The van der Waals surface area contributed by atoms with Gasteiger partial charge < -0.3 is 10.4 Å². The molecule has 2 aromatic heterocycles. The third-order valence-corrected chi connectivity index (χ3v) is 4.45. The van der Waals surface area contributed by atoms with Crippen molar-refractivity contribution in [1.29, 1.82) is 0 Å². The Morgan fingerprint density at radius 2 is 1.89 bits per heavy atom. The number of nitrogens with zero attached hydrogens (tertiary/aromatic N) is 4. The molecule has 0 spiro atoms. The van der Waals surface area contributed by atoms with E-state index in [9.17, 15) is 9.59 Å². The number of rotatable bonds is 7. The molecular formula is C18H18BrN5O3.